The van der Waals surface area contributed by atoms with Gasteiger partial charge >= 0.3 is 6.18 Å². The van der Waals surface area contributed by atoms with Crippen LogP contribution in [0.1, 0.15) is 30.3 Å². The Kier molecular flexibility index (Phi) is 2.96. The average molecular weight is 334 g/mol. The van der Waals surface area contributed by atoms with Crippen molar-refractivity contribution < 1.29 is 13.2 Å². The maximum atomic E-state index is 13.2. The van der Waals surface area contributed by atoms with Gasteiger partial charge in [-0.25, -0.2) is 15.0 Å². The summed E-state index contributed by atoms with van der Waals surface area (Å²) in [5.74, 6) is -1.16. The number of imidazole rings is 1. The molecule has 2 aromatic heterocycles. The summed E-state index contributed by atoms with van der Waals surface area (Å²) in [4.78, 5) is 11.6. The Morgan fingerprint density at radius 3 is 2.46 bits per heavy atom. The highest BCUT2D eigenvalue weighted by Gasteiger charge is 2.39. The van der Waals surface area contributed by atoms with Gasteiger partial charge in [-0.05, 0) is 31.0 Å². The zero-order valence-corrected chi connectivity index (χ0v) is 12.4. The van der Waals surface area contributed by atoms with E-state index >= 15 is 0 Å². The first kappa shape index (κ1) is 14.7. The van der Waals surface area contributed by atoms with Crippen LogP contribution in [0.25, 0.3) is 16.9 Å². The Morgan fingerprint density at radius 1 is 1.08 bits per heavy atom. The van der Waals surface area contributed by atoms with E-state index in [1.165, 1.54) is 4.57 Å². The molecule has 0 atom stereocenters. The molecule has 1 aromatic carbocycles. The van der Waals surface area contributed by atoms with Crippen LogP contribution >= 0.6 is 0 Å². The molecule has 24 heavy (non-hydrogen) atoms. The number of benzene rings is 1. The van der Waals surface area contributed by atoms with Crippen LogP contribution in [0.15, 0.2) is 24.3 Å². The minimum Gasteiger partial charge on any atom is -0.399 e. The van der Waals surface area contributed by atoms with E-state index < -0.39 is 12.0 Å². The summed E-state index contributed by atoms with van der Waals surface area (Å²) in [5, 5.41) is 0. The first-order valence-electron chi connectivity index (χ1n) is 7.33. The highest BCUT2D eigenvalue weighted by molar-refractivity contribution is 5.80. The first-order chi connectivity index (χ1) is 11.3. The van der Waals surface area contributed by atoms with Gasteiger partial charge in [-0.3, -0.25) is 4.57 Å². The number of fused-ring (bicyclic) bond motifs is 1. The minimum absolute atomic E-state index is 0.0276. The molecule has 6 nitrogen and oxygen atoms in total. The van der Waals surface area contributed by atoms with E-state index in [9.17, 15) is 13.2 Å². The van der Waals surface area contributed by atoms with Crippen molar-refractivity contribution in [1.82, 2.24) is 19.5 Å². The molecule has 0 radical (unpaired) electrons. The number of alkyl halides is 3. The van der Waals surface area contributed by atoms with Gasteiger partial charge in [0.2, 0.25) is 11.8 Å². The average Bonchev–Trinajstić information content (AvgIpc) is 3.27. The van der Waals surface area contributed by atoms with Gasteiger partial charge in [0.1, 0.15) is 5.52 Å². The van der Waals surface area contributed by atoms with Gasteiger partial charge < -0.3 is 11.5 Å². The lowest BCUT2D eigenvalue weighted by atomic mass is 10.2. The molecule has 0 aliphatic heterocycles. The van der Waals surface area contributed by atoms with Crippen molar-refractivity contribution in [3.63, 3.8) is 0 Å². The summed E-state index contributed by atoms with van der Waals surface area (Å²) in [6.45, 7) is 0. The molecule has 124 valence electrons. The topological polar surface area (TPSA) is 95.6 Å². The van der Waals surface area contributed by atoms with E-state index in [0.29, 0.717) is 22.6 Å². The molecule has 0 unspecified atom stereocenters. The smallest absolute Gasteiger partial charge is 0.399 e. The molecule has 1 aliphatic carbocycles. The van der Waals surface area contributed by atoms with Gasteiger partial charge in [0.25, 0.3) is 0 Å². The van der Waals surface area contributed by atoms with Gasteiger partial charge in [-0.1, -0.05) is 6.07 Å². The molecule has 4 rings (SSSR count). The minimum atomic E-state index is -4.64. The second kappa shape index (κ2) is 4.83. The van der Waals surface area contributed by atoms with Crippen LogP contribution in [-0.4, -0.2) is 19.5 Å². The molecule has 2 heterocycles. The first-order valence-corrected chi connectivity index (χ1v) is 7.33. The lowest BCUT2D eigenvalue weighted by Crippen LogP contribution is -2.13. The highest BCUT2D eigenvalue weighted by atomic mass is 19.4. The largest absolute Gasteiger partial charge is 0.451 e. The van der Waals surface area contributed by atoms with Crippen molar-refractivity contribution in [2.75, 3.05) is 11.5 Å². The zero-order chi connectivity index (χ0) is 17.1. The lowest BCUT2D eigenvalue weighted by molar-refractivity contribution is -0.144. The third-order valence-electron chi connectivity index (χ3n) is 3.91. The zero-order valence-electron chi connectivity index (χ0n) is 12.4. The van der Waals surface area contributed by atoms with Crippen molar-refractivity contribution in [3.8, 4) is 5.69 Å². The lowest BCUT2D eigenvalue weighted by Gasteiger charge is -2.10. The predicted octanol–water partition coefficient (Wildman–Crippen LogP) is 2.88. The molecule has 1 fully saturated rings. The second-order valence-corrected chi connectivity index (χ2v) is 5.78. The summed E-state index contributed by atoms with van der Waals surface area (Å²) in [6, 6.07) is 6.64. The van der Waals surface area contributed by atoms with E-state index in [-0.39, 0.29) is 17.5 Å². The van der Waals surface area contributed by atoms with Crippen LogP contribution in [-0.2, 0) is 6.18 Å². The molecule has 4 N–H and O–H groups in total. The summed E-state index contributed by atoms with van der Waals surface area (Å²) < 4.78 is 40.9. The van der Waals surface area contributed by atoms with E-state index in [1.54, 1.807) is 24.3 Å². The van der Waals surface area contributed by atoms with Gasteiger partial charge in [0, 0.05) is 11.6 Å². The number of rotatable bonds is 2. The standard InChI is InChI=1S/C15H13F3N6/c16-15(17,18)13-21-10(7-4-5-7)11-12(23-13)24(14(20)22-11)9-3-1-2-8(19)6-9/h1-3,6-7H,4-5,19H2,(H2,20,22). The third-order valence-corrected chi connectivity index (χ3v) is 3.91. The van der Waals surface area contributed by atoms with E-state index in [4.69, 9.17) is 11.5 Å². The summed E-state index contributed by atoms with van der Waals surface area (Å²) in [7, 11) is 0. The van der Waals surface area contributed by atoms with Gasteiger partial charge in [-0.15, -0.1) is 0 Å². The Balaban J connectivity index is 2.04. The number of nitrogen functional groups attached to an aromatic ring is 2. The molecule has 1 aliphatic rings. The van der Waals surface area contributed by atoms with Crippen LogP contribution in [0.5, 0.6) is 0 Å². The Bertz CT molecular complexity index is 942. The Morgan fingerprint density at radius 2 is 1.83 bits per heavy atom. The molecule has 0 bridgehead atoms. The van der Waals surface area contributed by atoms with Crippen LogP contribution < -0.4 is 11.5 Å². The summed E-state index contributed by atoms with van der Waals surface area (Å²) in [5.41, 5.74) is 13.3. The molecule has 9 heteroatoms. The van der Waals surface area contributed by atoms with E-state index in [2.05, 4.69) is 15.0 Å². The molecule has 0 saturated heterocycles. The van der Waals surface area contributed by atoms with Crippen molar-refractivity contribution in [2.45, 2.75) is 24.9 Å². The fraction of sp³-hybridized carbons (Fsp3) is 0.267. The molecule has 0 amide bonds. The van der Waals surface area contributed by atoms with Crippen molar-refractivity contribution in [1.29, 1.82) is 0 Å². The SMILES string of the molecule is Nc1cccc(-n2c(N)nc3c(C4CC4)nc(C(F)(F)F)nc32)c1. The number of hydrogen-bond acceptors (Lipinski definition) is 5. The summed E-state index contributed by atoms with van der Waals surface area (Å²) in [6.07, 6.45) is -3.07. The molecule has 0 spiro atoms. The number of nitrogens with two attached hydrogens (primary N) is 2. The maximum Gasteiger partial charge on any atom is 0.451 e. The van der Waals surface area contributed by atoms with Crippen LogP contribution in [0.2, 0.25) is 0 Å². The third kappa shape index (κ3) is 2.32. The quantitative estimate of drug-likeness (QED) is 0.703. The monoisotopic (exact) mass is 334 g/mol. The Hall–Kier alpha value is -2.84. The number of hydrogen-bond donors (Lipinski definition) is 2. The molecule has 1 saturated carbocycles. The van der Waals surface area contributed by atoms with Crippen molar-refractivity contribution >= 4 is 22.8 Å². The Labute approximate surface area is 134 Å². The van der Waals surface area contributed by atoms with Gasteiger partial charge in [-0.2, -0.15) is 13.2 Å². The number of halogens is 3. The highest BCUT2D eigenvalue weighted by Crippen LogP contribution is 2.43. The van der Waals surface area contributed by atoms with E-state index in [1.807, 2.05) is 0 Å². The molecule has 3 aromatic rings. The van der Waals surface area contributed by atoms with Crippen molar-refractivity contribution in [2.24, 2.45) is 0 Å². The predicted molar refractivity (Wildman–Crippen MR) is 82.5 cm³/mol. The number of aromatic nitrogens is 4. The van der Waals surface area contributed by atoms with Crippen molar-refractivity contribution in [3.05, 3.63) is 35.8 Å². The number of anilines is 2. The maximum absolute atomic E-state index is 13.2. The molecular formula is C15H13F3N6. The summed E-state index contributed by atoms with van der Waals surface area (Å²) >= 11 is 0. The van der Waals surface area contributed by atoms with Crippen LogP contribution in [0.3, 0.4) is 0 Å². The number of nitrogens with zero attached hydrogens (tertiary/aromatic N) is 4. The van der Waals surface area contributed by atoms with Gasteiger partial charge in [0.15, 0.2) is 5.65 Å². The van der Waals surface area contributed by atoms with E-state index in [0.717, 1.165) is 12.8 Å². The van der Waals surface area contributed by atoms with Crippen LogP contribution in [0.4, 0.5) is 24.8 Å². The fourth-order valence-electron chi connectivity index (χ4n) is 2.68. The normalized spacial score (nSPS) is 15.1. The molecular weight excluding hydrogens is 321 g/mol. The van der Waals surface area contributed by atoms with Crippen LogP contribution in [0, 0.1) is 0 Å². The van der Waals surface area contributed by atoms with Gasteiger partial charge in [0.05, 0.1) is 11.4 Å². The second-order valence-electron chi connectivity index (χ2n) is 5.78. The fourth-order valence-corrected chi connectivity index (χ4v) is 2.68.